The van der Waals surface area contributed by atoms with Crippen molar-refractivity contribution in [3.05, 3.63) is 0 Å². The maximum atomic E-state index is 8.82. The number of hydrogen-bond donors (Lipinski definition) is 1. The quantitative estimate of drug-likeness (QED) is 0.592. The SMILES string of the molecule is CC(C)(CO)CCCI. The Morgan fingerprint density at radius 2 is 2.00 bits per heavy atom. The van der Waals surface area contributed by atoms with Gasteiger partial charge in [0.05, 0.1) is 0 Å². The van der Waals surface area contributed by atoms with E-state index in [4.69, 9.17) is 5.11 Å². The van der Waals surface area contributed by atoms with Crippen LogP contribution in [0.15, 0.2) is 0 Å². The van der Waals surface area contributed by atoms with E-state index in [-0.39, 0.29) is 5.41 Å². The molecular weight excluding hydrogens is 227 g/mol. The Hall–Kier alpha value is 0.690. The normalized spacial score (nSPS) is 12.0. The lowest BCUT2D eigenvalue weighted by Gasteiger charge is -2.20. The van der Waals surface area contributed by atoms with Gasteiger partial charge in [0.25, 0.3) is 0 Å². The second kappa shape index (κ2) is 4.50. The van der Waals surface area contributed by atoms with Crippen LogP contribution in [-0.2, 0) is 0 Å². The van der Waals surface area contributed by atoms with E-state index in [1.54, 1.807) is 0 Å². The molecule has 0 fully saturated rings. The third kappa shape index (κ3) is 5.15. The molecule has 0 aromatic heterocycles. The molecule has 1 N–H and O–H groups in total. The fourth-order valence-electron chi connectivity index (χ4n) is 0.624. The molecule has 0 aliphatic rings. The van der Waals surface area contributed by atoms with Gasteiger partial charge in [-0.05, 0) is 22.7 Å². The van der Waals surface area contributed by atoms with E-state index < -0.39 is 0 Å². The van der Waals surface area contributed by atoms with Crippen molar-refractivity contribution in [2.75, 3.05) is 11.0 Å². The smallest absolute Gasteiger partial charge is 0.0482 e. The molecule has 0 atom stereocenters. The molecule has 0 saturated heterocycles. The zero-order valence-electron chi connectivity index (χ0n) is 6.15. The second-order valence-corrected chi connectivity index (χ2v) is 4.19. The second-order valence-electron chi connectivity index (χ2n) is 3.11. The first-order chi connectivity index (χ1) is 4.12. The van der Waals surface area contributed by atoms with Crippen LogP contribution in [0.3, 0.4) is 0 Å². The van der Waals surface area contributed by atoms with Gasteiger partial charge in [-0.1, -0.05) is 36.4 Å². The summed E-state index contributed by atoms with van der Waals surface area (Å²) >= 11 is 2.36. The molecule has 0 heterocycles. The van der Waals surface area contributed by atoms with Crippen LogP contribution >= 0.6 is 22.6 Å². The monoisotopic (exact) mass is 242 g/mol. The predicted molar refractivity (Wildman–Crippen MR) is 49.0 cm³/mol. The van der Waals surface area contributed by atoms with Crippen molar-refractivity contribution >= 4 is 22.6 Å². The number of alkyl halides is 1. The van der Waals surface area contributed by atoms with Crippen molar-refractivity contribution in [1.29, 1.82) is 0 Å². The summed E-state index contributed by atoms with van der Waals surface area (Å²) in [5.41, 5.74) is 0.144. The molecule has 0 unspecified atom stereocenters. The van der Waals surface area contributed by atoms with Gasteiger partial charge in [0.15, 0.2) is 0 Å². The van der Waals surface area contributed by atoms with E-state index in [1.165, 1.54) is 10.8 Å². The number of aliphatic hydroxyl groups is 1. The van der Waals surface area contributed by atoms with Crippen LogP contribution in [0.25, 0.3) is 0 Å². The van der Waals surface area contributed by atoms with Gasteiger partial charge in [-0.3, -0.25) is 0 Å². The largest absolute Gasteiger partial charge is 0.396 e. The van der Waals surface area contributed by atoms with Gasteiger partial charge in [-0.15, -0.1) is 0 Å². The summed E-state index contributed by atoms with van der Waals surface area (Å²) in [6.45, 7) is 4.50. The molecule has 0 radical (unpaired) electrons. The van der Waals surface area contributed by atoms with Gasteiger partial charge >= 0.3 is 0 Å². The van der Waals surface area contributed by atoms with E-state index in [0.29, 0.717) is 6.61 Å². The first-order valence-corrected chi connectivity index (χ1v) is 4.82. The molecule has 2 heteroatoms. The Morgan fingerprint density at radius 3 is 2.33 bits per heavy atom. The summed E-state index contributed by atoms with van der Waals surface area (Å²) in [7, 11) is 0. The lowest BCUT2D eigenvalue weighted by Crippen LogP contribution is -2.16. The van der Waals surface area contributed by atoms with Gasteiger partial charge in [-0.2, -0.15) is 0 Å². The Labute approximate surface area is 71.0 Å². The maximum absolute atomic E-state index is 8.82. The average Bonchev–Trinajstić information content (AvgIpc) is 1.84. The molecule has 1 nitrogen and oxygen atoms in total. The number of hydrogen-bond acceptors (Lipinski definition) is 1. The molecule has 0 amide bonds. The van der Waals surface area contributed by atoms with Crippen molar-refractivity contribution in [3.8, 4) is 0 Å². The predicted octanol–water partition coefficient (Wildman–Crippen LogP) is 2.22. The standard InChI is InChI=1S/C7H15IO/c1-7(2,6-9)4-3-5-8/h9H,3-6H2,1-2H3. The average molecular weight is 242 g/mol. The zero-order chi connectivity index (χ0) is 7.33. The van der Waals surface area contributed by atoms with Gasteiger partial charge in [0.2, 0.25) is 0 Å². The fraction of sp³-hybridized carbons (Fsp3) is 1.00. The summed E-state index contributed by atoms with van der Waals surface area (Å²) in [5, 5.41) is 8.82. The molecule has 0 aromatic rings. The van der Waals surface area contributed by atoms with Crippen LogP contribution < -0.4 is 0 Å². The van der Waals surface area contributed by atoms with E-state index >= 15 is 0 Å². The van der Waals surface area contributed by atoms with Gasteiger partial charge in [0.1, 0.15) is 0 Å². The highest BCUT2D eigenvalue weighted by Crippen LogP contribution is 2.21. The van der Waals surface area contributed by atoms with Crippen molar-refractivity contribution in [2.24, 2.45) is 5.41 Å². The molecule has 9 heavy (non-hydrogen) atoms. The zero-order valence-corrected chi connectivity index (χ0v) is 8.31. The molecule has 0 spiro atoms. The van der Waals surface area contributed by atoms with E-state index in [0.717, 1.165) is 6.42 Å². The summed E-state index contributed by atoms with van der Waals surface area (Å²) in [6, 6.07) is 0. The number of aliphatic hydroxyl groups excluding tert-OH is 1. The molecule has 0 aliphatic carbocycles. The highest BCUT2D eigenvalue weighted by atomic mass is 127. The Morgan fingerprint density at radius 1 is 1.44 bits per heavy atom. The first kappa shape index (κ1) is 9.69. The fourth-order valence-corrected chi connectivity index (χ4v) is 1.01. The van der Waals surface area contributed by atoms with Crippen LogP contribution in [0.1, 0.15) is 26.7 Å². The molecule has 0 saturated carbocycles. The summed E-state index contributed by atoms with van der Waals surface area (Å²) in [6.07, 6.45) is 2.35. The van der Waals surface area contributed by atoms with Crippen LogP contribution in [-0.4, -0.2) is 16.1 Å². The minimum atomic E-state index is 0.144. The van der Waals surface area contributed by atoms with Gasteiger partial charge < -0.3 is 5.11 Å². The lowest BCUT2D eigenvalue weighted by atomic mass is 9.89. The van der Waals surface area contributed by atoms with Crippen LogP contribution in [0.2, 0.25) is 0 Å². The van der Waals surface area contributed by atoms with Crippen molar-refractivity contribution in [2.45, 2.75) is 26.7 Å². The minimum Gasteiger partial charge on any atom is -0.396 e. The Kier molecular flexibility index (Phi) is 4.84. The Balaban J connectivity index is 3.33. The van der Waals surface area contributed by atoms with Gasteiger partial charge in [-0.25, -0.2) is 0 Å². The van der Waals surface area contributed by atoms with Crippen molar-refractivity contribution < 1.29 is 5.11 Å². The minimum absolute atomic E-state index is 0.144. The molecule has 0 bridgehead atoms. The lowest BCUT2D eigenvalue weighted by molar-refractivity contribution is 0.150. The van der Waals surface area contributed by atoms with E-state index in [1.807, 2.05) is 0 Å². The highest BCUT2D eigenvalue weighted by Gasteiger charge is 2.14. The van der Waals surface area contributed by atoms with Crippen LogP contribution in [0.4, 0.5) is 0 Å². The molecule has 56 valence electrons. The van der Waals surface area contributed by atoms with Gasteiger partial charge in [0, 0.05) is 6.61 Å². The summed E-state index contributed by atoms with van der Waals surface area (Å²) < 4.78 is 1.20. The van der Waals surface area contributed by atoms with Crippen molar-refractivity contribution in [1.82, 2.24) is 0 Å². The molecule has 0 rings (SSSR count). The molecular formula is C7H15IO. The Bertz CT molecular complexity index is 71.3. The van der Waals surface area contributed by atoms with Crippen molar-refractivity contribution in [3.63, 3.8) is 0 Å². The highest BCUT2D eigenvalue weighted by molar-refractivity contribution is 14.1. The summed E-state index contributed by atoms with van der Waals surface area (Å²) in [5.74, 6) is 0. The molecule has 0 aromatic carbocycles. The third-order valence-corrected chi connectivity index (χ3v) is 2.18. The molecule has 0 aliphatic heterocycles. The maximum Gasteiger partial charge on any atom is 0.0482 e. The van der Waals surface area contributed by atoms with E-state index in [9.17, 15) is 0 Å². The van der Waals surface area contributed by atoms with E-state index in [2.05, 4.69) is 36.4 Å². The first-order valence-electron chi connectivity index (χ1n) is 3.29. The topological polar surface area (TPSA) is 20.2 Å². The van der Waals surface area contributed by atoms with Crippen LogP contribution in [0, 0.1) is 5.41 Å². The summed E-state index contributed by atoms with van der Waals surface area (Å²) in [4.78, 5) is 0. The third-order valence-electron chi connectivity index (χ3n) is 1.42. The number of rotatable bonds is 4. The number of halogens is 1. The van der Waals surface area contributed by atoms with Crippen LogP contribution in [0.5, 0.6) is 0 Å².